The number of fused-ring (bicyclic) bond motifs is 1. The molecule has 8 heteroatoms. The van der Waals surface area contributed by atoms with Gasteiger partial charge in [-0.15, -0.1) is 24.0 Å². The summed E-state index contributed by atoms with van der Waals surface area (Å²) in [6.45, 7) is 5.80. The maximum absolute atomic E-state index is 10.6. The molecular weight excluding hydrogens is 519 g/mol. The highest BCUT2D eigenvalue weighted by atomic mass is 127. The Kier molecular flexibility index (Phi) is 10.1. The van der Waals surface area contributed by atoms with Crippen LogP contribution >= 0.6 is 24.0 Å². The van der Waals surface area contributed by atoms with Crippen LogP contribution < -0.4 is 20.1 Å². The average Bonchev–Trinajstić information content (AvgIpc) is 3.18. The fraction of sp³-hybridized carbons (Fsp3) is 0.375. The van der Waals surface area contributed by atoms with Gasteiger partial charge in [-0.2, -0.15) is 0 Å². The molecule has 7 nitrogen and oxygen atoms in total. The molecule has 3 rings (SSSR count). The van der Waals surface area contributed by atoms with E-state index < -0.39 is 6.10 Å². The van der Waals surface area contributed by atoms with Crippen molar-refractivity contribution in [1.82, 2.24) is 15.6 Å². The number of halogens is 1. The van der Waals surface area contributed by atoms with E-state index in [0.717, 1.165) is 25.0 Å². The topological polar surface area (TPSA) is 90.9 Å². The van der Waals surface area contributed by atoms with E-state index in [4.69, 9.17) is 9.47 Å². The number of hydrogen-bond acceptors (Lipinski definition) is 4. The number of aromatic amines is 1. The zero-order valence-corrected chi connectivity index (χ0v) is 21.4. The van der Waals surface area contributed by atoms with Crippen LogP contribution in [0.5, 0.6) is 11.5 Å². The highest BCUT2D eigenvalue weighted by Gasteiger charge is 2.11. The number of aliphatic imine (C=N–C) groups is 1. The molecule has 1 atom stereocenters. The number of nitrogens with zero attached hydrogens (tertiary/aromatic N) is 1. The molecule has 1 aromatic heterocycles. The highest BCUT2D eigenvalue weighted by Crippen LogP contribution is 2.26. The minimum Gasteiger partial charge on any atom is -0.497 e. The van der Waals surface area contributed by atoms with Crippen LogP contribution in [0.3, 0.4) is 0 Å². The van der Waals surface area contributed by atoms with Crippen molar-refractivity contribution in [3.05, 3.63) is 59.3 Å². The lowest BCUT2D eigenvalue weighted by molar-refractivity contribution is 0.186. The van der Waals surface area contributed by atoms with Gasteiger partial charge in [0.05, 0.1) is 26.9 Å². The number of hydrogen-bond donors (Lipinski definition) is 4. The molecule has 32 heavy (non-hydrogen) atoms. The van der Waals surface area contributed by atoms with E-state index in [9.17, 15) is 5.11 Å². The summed E-state index contributed by atoms with van der Waals surface area (Å²) in [6.07, 6.45) is 2.16. The second-order valence-corrected chi connectivity index (χ2v) is 7.42. The molecule has 0 saturated heterocycles. The van der Waals surface area contributed by atoms with Crippen molar-refractivity contribution in [3.8, 4) is 11.5 Å². The second-order valence-electron chi connectivity index (χ2n) is 7.42. The smallest absolute Gasteiger partial charge is 0.191 e. The predicted molar refractivity (Wildman–Crippen MR) is 141 cm³/mol. The lowest BCUT2D eigenvalue weighted by Crippen LogP contribution is -2.38. The van der Waals surface area contributed by atoms with Gasteiger partial charge in [-0.3, -0.25) is 4.99 Å². The van der Waals surface area contributed by atoms with Crippen molar-refractivity contribution in [2.45, 2.75) is 26.4 Å². The molecule has 0 aliphatic carbocycles. The third-order valence-electron chi connectivity index (χ3n) is 5.13. The first-order valence-corrected chi connectivity index (χ1v) is 10.5. The number of aromatic nitrogens is 1. The number of nitrogens with one attached hydrogen (secondary N) is 3. The highest BCUT2D eigenvalue weighted by molar-refractivity contribution is 14.0. The van der Waals surface area contributed by atoms with Crippen LogP contribution in [0, 0.1) is 6.92 Å². The van der Waals surface area contributed by atoms with Crippen LogP contribution in [0.4, 0.5) is 0 Å². The summed E-state index contributed by atoms with van der Waals surface area (Å²) in [6, 6.07) is 11.8. The molecule has 174 valence electrons. The van der Waals surface area contributed by atoms with Gasteiger partial charge in [-0.05, 0) is 55.2 Å². The van der Waals surface area contributed by atoms with Crippen molar-refractivity contribution in [3.63, 3.8) is 0 Å². The van der Waals surface area contributed by atoms with E-state index in [1.807, 2.05) is 6.92 Å². The number of aliphatic hydroxyl groups is 1. The van der Waals surface area contributed by atoms with E-state index in [1.165, 1.54) is 16.5 Å². The predicted octanol–water partition coefficient (Wildman–Crippen LogP) is 3.94. The summed E-state index contributed by atoms with van der Waals surface area (Å²) in [7, 11) is 3.18. The van der Waals surface area contributed by atoms with Crippen LogP contribution in [-0.4, -0.2) is 49.9 Å². The Morgan fingerprint density at radius 2 is 1.81 bits per heavy atom. The van der Waals surface area contributed by atoms with Gasteiger partial charge < -0.3 is 30.2 Å². The Morgan fingerprint density at radius 1 is 1.09 bits per heavy atom. The molecule has 0 bridgehead atoms. The molecule has 0 saturated carbocycles. The lowest BCUT2D eigenvalue weighted by atomic mass is 10.1. The quantitative estimate of drug-likeness (QED) is 0.184. The van der Waals surface area contributed by atoms with Gasteiger partial charge in [0.25, 0.3) is 0 Å². The third kappa shape index (κ3) is 6.77. The minimum absolute atomic E-state index is 0. The number of guanidine groups is 1. The maximum Gasteiger partial charge on any atom is 0.191 e. The number of aryl methyl sites for hydroxylation is 1. The summed E-state index contributed by atoms with van der Waals surface area (Å²) in [5.41, 5.74) is 4.37. The molecule has 4 N–H and O–H groups in total. The molecule has 3 aromatic rings. The van der Waals surface area contributed by atoms with Crippen LogP contribution in [-0.2, 0) is 6.42 Å². The van der Waals surface area contributed by atoms with E-state index in [-0.39, 0.29) is 30.5 Å². The van der Waals surface area contributed by atoms with Crippen LogP contribution in [0.1, 0.15) is 29.7 Å². The van der Waals surface area contributed by atoms with Crippen molar-refractivity contribution < 1.29 is 14.6 Å². The van der Waals surface area contributed by atoms with Crippen molar-refractivity contribution in [1.29, 1.82) is 0 Å². The molecule has 0 fully saturated rings. The molecular formula is C24H33IN4O3. The monoisotopic (exact) mass is 552 g/mol. The van der Waals surface area contributed by atoms with Crippen LogP contribution in [0.2, 0.25) is 0 Å². The summed E-state index contributed by atoms with van der Waals surface area (Å²) in [5, 5.41) is 18.4. The van der Waals surface area contributed by atoms with Gasteiger partial charge in [0.15, 0.2) is 5.96 Å². The molecule has 0 aliphatic rings. The number of rotatable bonds is 9. The van der Waals surface area contributed by atoms with Crippen LogP contribution in [0.15, 0.2) is 47.6 Å². The van der Waals surface area contributed by atoms with Gasteiger partial charge >= 0.3 is 0 Å². The standard InChI is InChI=1S/C24H32N4O3.HI/c1-5-25-24(26-9-8-17-14-27-22-10-16(2)6-7-21(17)22)28-15-23(29)18-11-19(30-3)13-20(12-18)31-4;/h6-7,10-14,23,27,29H,5,8-9,15H2,1-4H3,(H2,25,26,28);1H. The third-order valence-corrected chi connectivity index (χ3v) is 5.13. The van der Waals surface area contributed by atoms with E-state index in [1.54, 1.807) is 32.4 Å². The van der Waals surface area contributed by atoms with Gasteiger partial charge in [0.1, 0.15) is 11.5 Å². The first-order valence-electron chi connectivity index (χ1n) is 10.5. The first kappa shape index (κ1) is 25.8. The normalized spacial score (nSPS) is 12.2. The first-order chi connectivity index (χ1) is 15.0. The Hall–Kier alpha value is -2.46. The van der Waals surface area contributed by atoms with Crippen molar-refractivity contribution >= 4 is 40.8 Å². The Labute approximate surface area is 206 Å². The molecule has 2 aromatic carbocycles. The number of H-pyrrole nitrogens is 1. The SMILES string of the molecule is CCNC(=NCC(O)c1cc(OC)cc(OC)c1)NCCc1c[nH]c2cc(C)ccc12.I. The number of methoxy groups -OCH3 is 2. The number of aliphatic hydroxyl groups excluding tert-OH is 1. The van der Waals surface area contributed by atoms with Gasteiger partial charge in [0, 0.05) is 36.3 Å². The summed E-state index contributed by atoms with van der Waals surface area (Å²) >= 11 is 0. The fourth-order valence-electron chi connectivity index (χ4n) is 3.47. The van der Waals surface area contributed by atoms with E-state index in [2.05, 4.69) is 51.9 Å². The van der Waals surface area contributed by atoms with Crippen molar-refractivity contribution in [2.24, 2.45) is 4.99 Å². The van der Waals surface area contributed by atoms with E-state index in [0.29, 0.717) is 23.0 Å². The number of benzene rings is 2. The number of ether oxygens (including phenoxy) is 2. The Balaban J connectivity index is 0.00000363. The molecule has 0 aliphatic heterocycles. The average molecular weight is 552 g/mol. The molecule has 1 unspecified atom stereocenters. The van der Waals surface area contributed by atoms with Gasteiger partial charge in [0.2, 0.25) is 0 Å². The Bertz CT molecular complexity index is 1010. The van der Waals surface area contributed by atoms with E-state index >= 15 is 0 Å². The fourth-order valence-corrected chi connectivity index (χ4v) is 3.47. The minimum atomic E-state index is -0.767. The largest absolute Gasteiger partial charge is 0.497 e. The lowest BCUT2D eigenvalue weighted by Gasteiger charge is -2.15. The van der Waals surface area contributed by atoms with Crippen LogP contribution in [0.25, 0.3) is 10.9 Å². The molecule has 0 amide bonds. The molecule has 0 radical (unpaired) electrons. The van der Waals surface area contributed by atoms with Gasteiger partial charge in [-0.1, -0.05) is 12.1 Å². The summed E-state index contributed by atoms with van der Waals surface area (Å²) < 4.78 is 10.6. The molecule has 0 spiro atoms. The Morgan fingerprint density at radius 3 is 2.47 bits per heavy atom. The zero-order valence-electron chi connectivity index (χ0n) is 19.1. The van der Waals surface area contributed by atoms with Gasteiger partial charge in [-0.25, -0.2) is 0 Å². The maximum atomic E-state index is 10.6. The molecule has 1 heterocycles. The second kappa shape index (κ2) is 12.5. The summed E-state index contributed by atoms with van der Waals surface area (Å²) in [4.78, 5) is 7.89. The van der Waals surface area contributed by atoms with Crippen molar-refractivity contribution in [2.75, 3.05) is 33.9 Å². The zero-order chi connectivity index (χ0) is 22.2. The summed E-state index contributed by atoms with van der Waals surface area (Å²) in [5.74, 6) is 1.94.